The number of nitrogens with zero attached hydrogens (tertiary/aromatic N) is 1. The second kappa shape index (κ2) is 5.83. The maximum absolute atomic E-state index is 11.8. The second-order valence-corrected chi connectivity index (χ2v) is 5.06. The Balaban J connectivity index is 1.53. The van der Waals surface area contributed by atoms with E-state index in [9.17, 15) is 4.79 Å². The van der Waals surface area contributed by atoms with Gasteiger partial charge in [-0.25, -0.2) is 0 Å². The molecule has 2 heterocycles. The molecule has 0 spiro atoms. The Kier molecular flexibility index (Phi) is 3.73. The number of benzene rings is 1. The van der Waals surface area contributed by atoms with Crippen molar-refractivity contribution >= 4 is 22.8 Å². The van der Waals surface area contributed by atoms with Crippen LogP contribution >= 0.6 is 0 Å². The van der Waals surface area contributed by atoms with Gasteiger partial charge in [0.1, 0.15) is 6.26 Å². The molecule has 1 amide bonds. The molecule has 2 N–H and O–H groups in total. The number of fused-ring (bicyclic) bond motifs is 1. The zero-order valence-electron chi connectivity index (χ0n) is 11.8. The number of aromatic amines is 1. The van der Waals surface area contributed by atoms with Gasteiger partial charge in [-0.15, -0.1) is 0 Å². The van der Waals surface area contributed by atoms with Gasteiger partial charge in [-0.1, -0.05) is 18.2 Å². The van der Waals surface area contributed by atoms with E-state index in [1.807, 2.05) is 25.3 Å². The Bertz CT molecular complexity index is 758. The number of anilines is 1. The lowest BCUT2D eigenvalue weighted by molar-refractivity contribution is -0.116. The van der Waals surface area contributed by atoms with Crippen molar-refractivity contribution < 1.29 is 9.21 Å². The van der Waals surface area contributed by atoms with Gasteiger partial charge in [-0.05, 0) is 31.4 Å². The Labute approximate surface area is 122 Å². The van der Waals surface area contributed by atoms with Gasteiger partial charge < -0.3 is 9.40 Å². The first-order valence-electron chi connectivity index (χ1n) is 6.99. The quantitative estimate of drug-likeness (QED) is 0.753. The number of carbonyl (C=O) groups is 1. The number of para-hydroxylation sites is 1. The number of H-pyrrole nitrogens is 1. The molecule has 21 heavy (non-hydrogen) atoms. The average molecular weight is 283 g/mol. The molecule has 5 nitrogen and oxygen atoms in total. The summed E-state index contributed by atoms with van der Waals surface area (Å²) in [7, 11) is 0. The SMILES string of the molecule is Cc1coc(NC(=O)CCCc2c[nH]c3ccccc23)n1. The number of rotatable bonds is 5. The topological polar surface area (TPSA) is 70.9 Å². The van der Waals surface area contributed by atoms with Crippen molar-refractivity contribution in [3.8, 4) is 0 Å². The summed E-state index contributed by atoms with van der Waals surface area (Å²) < 4.78 is 5.10. The summed E-state index contributed by atoms with van der Waals surface area (Å²) in [4.78, 5) is 19.1. The second-order valence-electron chi connectivity index (χ2n) is 5.06. The summed E-state index contributed by atoms with van der Waals surface area (Å²) in [5, 5.41) is 3.88. The first-order chi connectivity index (χ1) is 10.2. The van der Waals surface area contributed by atoms with Crippen LogP contribution in [0.15, 0.2) is 41.1 Å². The van der Waals surface area contributed by atoms with Crippen LogP contribution in [0.5, 0.6) is 0 Å². The Hall–Kier alpha value is -2.56. The predicted octanol–water partition coefficient (Wildman–Crippen LogP) is 3.43. The van der Waals surface area contributed by atoms with Crippen LogP contribution in [0.3, 0.4) is 0 Å². The predicted molar refractivity (Wildman–Crippen MR) is 81.1 cm³/mol. The number of oxazole rings is 1. The van der Waals surface area contributed by atoms with E-state index in [4.69, 9.17) is 4.42 Å². The Morgan fingerprint density at radius 3 is 3.05 bits per heavy atom. The summed E-state index contributed by atoms with van der Waals surface area (Å²) >= 11 is 0. The molecule has 108 valence electrons. The molecule has 0 saturated carbocycles. The number of hydrogen-bond donors (Lipinski definition) is 2. The van der Waals surface area contributed by atoms with Gasteiger partial charge in [0.2, 0.25) is 5.91 Å². The Morgan fingerprint density at radius 2 is 2.24 bits per heavy atom. The summed E-state index contributed by atoms with van der Waals surface area (Å²) in [6.07, 6.45) is 5.62. The zero-order chi connectivity index (χ0) is 14.7. The van der Waals surface area contributed by atoms with E-state index in [1.54, 1.807) is 0 Å². The number of amides is 1. The number of hydrogen-bond acceptors (Lipinski definition) is 3. The van der Waals surface area contributed by atoms with Crippen molar-refractivity contribution in [3.63, 3.8) is 0 Å². The molecule has 5 heteroatoms. The largest absolute Gasteiger partial charge is 0.432 e. The van der Waals surface area contributed by atoms with Crippen molar-refractivity contribution in [3.05, 3.63) is 48.0 Å². The molecular formula is C16H17N3O2. The highest BCUT2D eigenvalue weighted by atomic mass is 16.4. The molecule has 0 saturated heterocycles. The van der Waals surface area contributed by atoms with Gasteiger partial charge >= 0.3 is 6.01 Å². The third-order valence-electron chi connectivity index (χ3n) is 3.39. The Morgan fingerprint density at radius 1 is 1.38 bits per heavy atom. The van der Waals surface area contributed by atoms with Gasteiger partial charge in [0.25, 0.3) is 0 Å². The third kappa shape index (κ3) is 3.13. The minimum absolute atomic E-state index is 0.0725. The van der Waals surface area contributed by atoms with Gasteiger partial charge in [-0.3, -0.25) is 10.1 Å². The minimum atomic E-state index is -0.0725. The van der Waals surface area contributed by atoms with Gasteiger partial charge in [-0.2, -0.15) is 4.98 Å². The van der Waals surface area contributed by atoms with Crippen LogP contribution < -0.4 is 5.32 Å². The highest BCUT2D eigenvalue weighted by Gasteiger charge is 2.08. The zero-order valence-corrected chi connectivity index (χ0v) is 11.8. The van der Waals surface area contributed by atoms with Crippen molar-refractivity contribution in [1.29, 1.82) is 0 Å². The molecule has 0 atom stereocenters. The lowest BCUT2D eigenvalue weighted by Gasteiger charge is -2.01. The van der Waals surface area contributed by atoms with E-state index in [-0.39, 0.29) is 11.9 Å². The van der Waals surface area contributed by atoms with Gasteiger partial charge in [0.05, 0.1) is 5.69 Å². The first kappa shape index (κ1) is 13.4. The van der Waals surface area contributed by atoms with Crippen LogP contribution in [0, 0.1) is 6.92 Å². The van der Waals surface area contributed by atoms with Crippen molar-refractivity contribution in [1.82, 2.24) is 9.97 Å². The van der Waals surface area contributed by atoms with Crippen molar-refractivity contribution in [2.75, 3.05) is 5.32 Å². The molecule has 0 aliphatic rings. The lowest BCUT2D eigenvalue weighted by Crippen LogP contribution is -2.11. The number of aromatic nitrogens is 2. The van der Waals surface area contributed by atoms with Gasteiger partial charge in [0.15, 0.2) is 0 Å². The highest BCUT2D eigenvalue weighted by molar-refractivity contribution is 5.88. The van der Waals surface area contributed by atoms with E-state index in [2.05, 4.69) is 27.4 Å². The average Bonchev–Trinajstić information content (AvgIpc) is 3.06. The minimum Gasteiger partial charge on any atom is -0.432 e. The monoisotopic (exact) mass is 283 g/mol. The van der Waals surface area contributed by atoms with Crippen LogP contribution in [-0.2, 0) is 11.2 Å². The maximum atomic E-state index is 11.8. The van der Waals surface area contributed by atoms with Crippen LogP contribution in [0.4, 0.5) is 6.01 Å². The lowest BCUT2D eigenvalue weighted by atomic mass is 10.1. The summed E-state index contributed by atoms with van der Waals surface area (Å²) in [5.41, 5.74) is 3.13. The molecule has 3 aromatic rings. The molecule has 1 aromatic carbocycles. The number of carbonyl (C=O) groups excluding carboxylic acids is 1. The van der Waals surface area contributed by atoms with Crippen LogP contribution in [-0.4, -0.2) is 15.9 Å². The van der Waals surface area contributed by atoms with E-state index in [0.717, 1.165) is 24.1 Å². The smallest absolute Gasteiger partial charge is 0.301 e. The molecule has 0 fully saturated rings. The van der Waals surface area contributed by atoms with Crippen molar-refractivity contribution in [2.45, 2.75) is 26.2 Å². The van der Waals surface area contributed by atoms with E-state index >= 15 is 0 Å². The molecule has 0 aliphatic heterocycles. The molecular weight excluding hydrogens is 266 g/mol. The van der Waals surface area contributed by atoms with Gasteiger partial charge in [0, 0.05) is 23.5 Å². The standard InChI is InChI=1S/C16H17N3O2/c1-11-10-21-16(18-11)19-15(20)8-4-5-12-9-17-14-7-3-2-6-13(12)14/h2-3,6-7,9-10,17H,4-5,8H2,1H3,(H,18,19,20). The molecule has 0 unspecified atom stereocenters. The van der Waals surface area contributed by atoms with E-state index in [0.29, 0.717) is 6.42 Å². The summed E-state index contributed by atoms with van der Waals surface area (Å²) in [6, 6.07) is 8.45. The molecule has 0 aliphatic carbocycles. The first-order valence-corrected chi connectivity index (χ1v) is 6.99. The van der Waals surface area contributed by atoms with E-state index in [1.165, 1.54) is 17.2 Å². The van der Waals surface area contributed by atoms with Crippen LogP contribution in [0.2, 0.25) is 0 Å². The van der Waals surface area contributed by atoms with Crippen LogP contribution in [0.1, 0.15) is 24.1 Å². The molecule has 0 radical (unpaired) electrons. The summed E-state index contributed by atoms with van der Waals surface area (Å²) in [6.45, 7) is 1.82. The normalized spacial score (nSPS) is 10.9. The third-order valence-corrected chi connectivity index (χ3v) is 3.39. The van der Waals surface area contributed by atoms with Crippen molar-refractivity contribution in [2.24, 2.45) is 0 Å². The number of nitrogens with one attached hydrogen (secondary N) is 2. The molecule has 3 rings (SSSR count). The molecule has 0 bridgehead atoms. The number of aryl methyl sites for hydroxylation is 2. The van der Waals surface area contributed by atoms with E-state index < -0.39 is 0 Å². The molecule has 2 aromatic heterocycles. The fourth-order valence-corrected chi connectivity index (χ4v) is 2.37. The van der Waals surface area contributed by atoms with Crippen LogP contribution in [0.25, 0.3) is 10.9 Å². The fraction of sp³-hybridized carbons (Fsp3) is 0.250. The fourth-order valence-electron chi connectivity index (χ4n) is 2.37. The summed E-state index contributed by atoms with van der Waals surface area (Å²) in [5.74, 6) is -0.0725. The highest BCUT2D eigenvalue weighted by Crippen LogP contribution is 2.19. The maximum Gasteiger partial charge on any atom is 0.301 e.